The van der Waals surface area contributed by atoms with E-state index in [2.05, 4.69) is 42.7 Å². The SMILES string of the molecule is C=CCOC[C@@H](O)CN(Cc1ccc(C)cc1)C[C@@H]1CCCO1. The third-order valence-electron chi connectivity index (χ3n) is 4.03. The molecule has 1 heterocycles. The van der Waals surface area contributed by atoms with Gasteiger partial charge in [-0.25, -0.2) is 0 Å². The minimum Gasteiger partial charge on any atom is -0.389 e. The highest BCUT2D eigenvalue weighted by atomic mass is 16.5. The van der Waals surface area contributed by atoms with Crippen molar-refractivity contribution in [3.8, 4) is 0 Å². The molecular weight excluding hydrogens is 290 g/mol. The summed E-state index contributed by atoms with van der Waals surface area (Å²) in [5.41, 5.74) is 2.52. The van der Waals surface area contributed by atoms with Gasteiger partial charge in [-0.1, -0.05) is 35.9 Å². The van der Waals surface area contributed by atoms with Gasteiger partial charge in [0.2, 0.25) is 0 Å². The Morgan fingerprint density at radius 2 is 2.22 bits per heavy atom. The molecule has 1 N–H and O–H groups in total. The quantitative estimate of drug-likeness (QED) is 0.531. The van der Waals surface area contributed by atoms with Gasteiger partial charge in [-0.05, 0) is 25.3 Å². The van der Waals surface area contributed by atoms with Crippen molar-refractivity contribution in [1.29, 1.82) is 0 Å². The van der Waals surface area contributed by atoms with Crippen LogP contribution in [0.2, 0.25) is 0 Å². The zero-order chi connectivity index (χ0) is 16.5. The molecule has 0 radical (unpaired) electrons. The van der Waals surface area contributed by atoms with Gasteiger partial charge in [-0.3, -0.25) is 4.90 Å². The number of aryl methyl sites for hydroxylation is 1. The van der Waals surface area contributed by atoms with Gasteiger partial charge in [0.1, 0.15) is 0 Å². The van der Waals surface area contributed by atoms with Gasteiger partial charge in [0, 0.05) is 26.2 Å². The summed E-state index contributed by atoms with van der Waals surface area (Å²) in [5.74, 6) is 0. The summed E-state index contributed by atoms with van der Waals surface area (Å²) in [7, 11) is 0. The minimum atomic E-state index is -0.498. The van der Waals surface area contributed by atoms with Crippen LogP contribution in [0.25, 0.3) is 0 Å². The van der Waals surface area contributed by atoms with E-state index in [0.717, 1.165) is 32.5 Å². The first-order valence-electron chi connectivity index (χ1n) is 8.43. The van der Waals surface area contributed by atoms with E-state index >= 15 is 0 Å². The average molecular weight is 319 g/mol. The molecule has 0 spiro atoms. The van der Waals surface area contributed by atoms with Crippen molar-refractivity contribution in [2.75, 3.05) is 32.9 Å². The van der Waals surface area contributed by atoms with Crippen molar-refractivity contribution in [2.45, 2.75) is 38.5 Å². The summed E-state index contributed by atoms with van der Waals surface area (Å²) in [5, 5.41) is 10.2. The Morgan fingerprint density at radius 3 is 2.87 bits per heavy atom. The zero-order valence-electron chi connectivity index (χ0n) is 14.1. The largest absolute Gasteiger partial charge is 0.389 e. The molecule has 1 aromatic carbocycles. The third-order valence-corrected chi connectivity index (χ3v) is 4.03. The van der Waals surface area contributed by atoms with Gasteiger partial charge >= 0.3 is 0 Å². The molecule has 0 aliphatic carbocycles. The van der Waals surface area contributed by atoms with E-state index in [-0.39, 0.29) is 6.10 Å². The van der Waals surface area contributed by atoms with E-state index in [1.165, 1.54) is 11.1 Å². The molecule has 0 saturated carbocycles. The molecular formula is C19H29NO3. The second-order valence-electron chi connectivity index (χ2n) is 6.29. The summed E-state index contributed by atoms with van der Waals surface area (Å²) >= 11 is 0. The summed E-state index contributed by atoms with van der Waals surface area (Å²) in [6, 6.07) is 8.56. The maximum absolute atomic E-state index is 10.2. The molecule has 0 amide bonds. The second-order valence-corrected chi connectivity index (χ2v) is 6.29. The Morgan fingerprint density at radius 1 is 1.43 bits per heavy atom. The summed E-state index contributed by atoms with van der Waals surface area (Å²) in [6.45, 7) is 9.63. The Bertz CT molecular complexity index is 454. The predicted octanol–water partition coefficient (Wildman–Crippen LogP) is 2.54. The maximum atomic E-state index is 10.2. The lowest BCUT2D eigenvalue weighted by Crippen LogP contribution is -2.39. The van der Waals surface area contributed by atoms with Gasteiger partial charge in [0.15, 0.2) is 0 Å². The fraction of sp³-hybridized carbons (Fsp3) is 0.579. The number of aliphatic hydroxyl groups excluding tert-OH is 1. The lowest BCUT2D eigenvalue weighted by atomic mass is 10.1. The van der Waals surface area contributed by atoms with Gasteiger partial charge < -0.3 is 14.6 Å². The molecule has 4 nitrogen and oxygen atoms in total. The lowest BCUT2D eigenvalue weighted by Gasteiger charge is -2.27. The Hall–Kier alpha value is -1.20. The van der Waals surface area contributed by atoms with Crippen molar-refractivity contribution in [1.82, 2.24) is 4.90 Å². The number of ether oxygens (including phenoxy) is 2. The van der Waals surface area contributed by atoms with Crippen LogP contribution in [0.4, 0.5) is 0 Å². The Labute approximate surface area is 139 Å². The van der Waals surface area contributed by atoms with Crippen molar-refractivity contribution in [3.05, 3.63) is 48.0 Å². The van der Waals surface area contributed by atoms with E-state index in [1.807, 2.05) is 0 Å². The highest BCUT2D eigenvalue weighted by molar-refractivity contribution is 5.21. The number of hydrogen-bond acceptors (Lipinski definition) is 4. The van der Waals surface area contributed by atoms with Crippen molar-refractivity contribution < 1.29 is 14.6 Å². The van der Waals surface area contributed by atoms with Crippen LogP contribution in [0, 0.1) is 6.92 Å². The Balaban J connectivity index is 1.89. The summed E-state index contributed by atoms with van der Waals surface area (Å²) in [4.78, 5) is 2.27. The lowest BCUT2D eigenvalue weighted by molar-refractivity contribution is 0.00856. The molecule has 1 aromatic rings. The molecule has 1 aliphatic heterocycles. The van der Waals surface area contributed by atoms with E-state index in [0.29, 0.717) is 19.8 Å². The highest BCUT2D eigenvalue weighted by Gasteiger charge is 2.21. The molecule has 2 rings (SSSR count). The van der Waals surface area contributed by atoms with Gasteiger partial charge in [0.25, 0.3) is 0 Å². The highest BCUT2D eigenvalue weighted by Crippen LogP contribution is 2.16. The van der Waals surface area contributed by atoms with Crippen LogP contribution >= 0.6 is 0 Å². The van der Waals surface area contributed by atoms with Crippen LogP contribution in [0.15, 0.2) is 36.9 Å². The molecule has 128 valence electrons. The average Bonchev–Trinajstić information content (AvgIpc) is 3.03. The van der Waals surface area contributed by atoms with E-state index < -0.39 is 6.10 Å². The third kappa shape index (κ3) is 6.83. The first-order chi connectivity index (χ1) is 11.2. The van der Waals surface area contributed by atoms with Crippen molar-refractivity contribution in [2.24, 2.45) is 0 Å². The fourth-order valence-corrected chi connectivity index (χ4v) is 2.87. The summed E-state index contributed by atoms with van der Waals surface area (Å²) in [6.07, 6.45) is 3.72. The monoisotopic (exact) mass is 319 g/mol. The number of rotatable bonds is 10. The fourth-order valence-electron chi connectivity index (χ4n) is 2.87. The van der Waals surface area contributed by atoms with Crippen LogP contribution in [0.1, 0.15) is 24.0 Å². The summed E-state index contributed by atoms with van der Waals surface area (Å²) < 4.78 is 11.1. The molecule has 2 atom stereocenters. The molecule has 1 aliphatic rings. The van der Waals surface area contributed by atoms with Gasteiger partial charge in [-0.15, -0.1) is 6.58 Å². The normalized spacial score (nSPS) is 19.2. The number of benzene rings is 1. The van der Waals surface area contributed by atoms with Gasteiger partial charge in [-0.2, -0.15) is 0 Å². The topological polar surface area (TPSA) is 41.9 Å². The zero-order valence-corrected chi connectivity index (χ0v) is 14.1. The molecule has 0 aromatic heterocycles. The molecule has 1 saturated heterocycles. The van der Waals surface area contributed by atoms with Crippen LogP contribution < -0.4 is 0 Å². The van der Waals surface area contributed by atoms with E-state index in [4.69, 9.17) is 9.47 Å². The van der Waals surface area contributed by atoms with Crippen LogP contribution in [0.5, 0.6) is 0 Å². The molecule has 0 bridgehead atoms. The van der Waals surface area contributed by atoms with Crippen molar-refractivity contribution in [3.63, 3.8) is 0 Å². The van der Waals surface area contributed by atoms with Crippen LogP contribution in [0.3, 0.4) is 0 Å². The standard InChI is InChI=1S/C19H29NO3/c1-3-10-22-15-18(21)13-20(14-19-5-4-11-23-19)12-17-8-6-16(2)7-9-17/h3,6-9,18-19,21H,1,4-5,10-15H2,2H3/t18-,19-/m0/s1. The van der Waals surface area contributed by atoms with Crippen molar-refractivity contribution >= 4 is 0 Å². The van der Waals surface area contributed by atoms with E-state index in [1.54, 1.807) is 6.08 Å². The molecule has 23 heavy (non-hydrogen) atoms. The van der Waals surface area contributed by atoms with Crippen LogP contribution in [-0.4, -0.2) is 55.1 Å². The number of aliphatic hydroxyl groups is 1. The molecule has 0 unspecified atom stereocenters. The number of hydrogen-bond donors (Lipinski definition) is 1. The Kier molecular flexibility index (Phi) is 7.76. The van der Waals surface area contributed by atoms with E-state index in [9.17, 15) is 5.11 Å². The molecule has 1 fully saturated rings. The molecule has 4 heteroatoms. The second kappa shape index (κ2) is 9.83. The smallest absolute Gasteiger partial charge is 0.0900 e. The predicted molar refractivity (Wildman–Crippen MR) is 92.5 cm³/mol. The van der Waals surface area contributed by atoms with Crippen LogP contribution in [-0.2, 0) is 16.0 Å². The first kappa shape index (κ1) is 18.1. The maximum Gasteiger partial charge on any atom is 0.0900 e. The number of nitrogens with zero attached hydrogens (tertiary/aromatic N) is 1. The first-order valence-corrected chi connectivity index (χ1v) is 8.43. The minimum absolute atomic E-state index is 0.279. The van der Waals surface area contributed by atoms with Gasteiger partial charge in [0.05, 0.1) is 25.4 Å².